The Labute approximate surface area is 133 Å². The number of nitrogens with zero attached hydrogens (tertiary/aromatic N) is 4. The molecule has 1 atom stereocenters. The Kier molecular flexibility index (Phi) is 4.82. The van der Waals surface area contributed by atoms with Gasteiger partial charge in [-0.05, 0) is 42.3 Å². The maximum atomic E-state index is 12.4. The summed E-state index contributed by atoms with van der Waals surface area (Å²) in [5, 5.41) is 19.5. The smallest absolute Gasteiger partial charge is 0.252 e. The van der Waals surface area contributed by atoms with Crippen molar-refractivity contribution in [2.75, 3.05) is 0 Å². The third-order valence-electron chi connectivity index (χ3n) is 4.22. The van der Waals surface area contributed by atoms with Crippen LogP contribution in [-0.2, 0) is 6.54 Å². The van der Waals surface area contributed by atoms with E-state index in [4.69, 9.17) is 0 Å². The topological polar surface area (TPSA) is 72.7 Å². The zero-order valence-electron chi connectivity index (χ0n) is 12.7. The minimum absolute atomic E-state index is 0.0512. The zero-order chi connectivity index (χ0) is 15.4. The summed E-state index contributed by atoms with van der Waals surface area (Å²) >= 11 is 1.53. The molecule has 1 amide bonds. The van der Waals surface area contributed by atoms with E-state index in [0.717, 1.165) is 12.8 Å². The van der Waals surface area contributed by atoms with Crippen molar-refractivity contribution in [1.29, 1.82) is 0 Å². The average molecular weight is 319 g/mol. The molecule has 1 aliphatic carbocycles. The maximum Gasteiger partial charge on any atom is 0.252 e. The lowest BCUT2D eigenvalue weighted by Crippen LogP contribution is -2.35. The standard InChI is InChI=1S/C15H21N5OS/c1-2-20-18-14(17-19-20)13(11-6-4-3-5-7-11)16-15(21)12-8-9-22-10-12/h8-11,13H,2-7H2,1H3,(H,16,21). The largest absolute Gasteiger partial charge is 0.342 e. The van der Waals surface area contributed by atoms with Crippen LogP contribution in [0, 0.1) is 5.92 Å². The highest BCUT2D eigenvalue weighted by Gasteiger charge is 2.30. The third-order valence-corrected chi connectivity index (χ3v) is 4.90. The van der Waals surface area contributed by atoms with Crippen molar-refractivity contribution in [2.45, 2.75) is 51.6 Å². The van der Waals surface area contributed by atoms with Gasteiger partial charge in [-0.25, -0.2) is 0 Å². The Bertz CT molecular complexity index is 603. The van der Waals surface area contributed by atoms with Gasteiger partial charge in [-0.3, -0.25) is 4.79 Å². The molecule has 0 bridgehead atoms. The van der Waals surface area contributed by atoms with Crippen molar-refractivity contribution in [3.8, 4) is 0 Å². The highest BCUT2D eigenvalue weighted by molar-refractivity contribution is 7.08. The highest BCUT2D eigenvalue weighted by atomic mass is 32.1. The molecule has 0 spiro atoms. The second kappa shape index (κ2) is 7.00. The van der Waals surface area contributed by atoms with E-state index >= 15 is 0 Å². The number of carbonyl (C=O) groups excluding carboxylic acids is 1. The normalized spacial score (nSPS) is 17.3. The molecule has 1 fully saturated rings. The molecule has 2 heterocycles. The second-order valence-electron chi connectivity index (χ2n) is 5.70. The van der Waals surface area contributed by atoms with Crippen LogP contribution in [0.25, 0.3) is 0 Å². The first-order valence-electron chi connectivity index (χ1n) is 7.88. The van der Waals surface area contributed by atoms with Gasteiger partial charge in [0.1, 0.15) is 0 Å². The fraction of sp³-hybridized carbons (Fsp3) is 0.600. The SMILES string of the molecule is CCn1nnc(C(NC(=O)c2ccsc2)C2CCCCC2)n1. The number of tetrazole rings is 1. The predicted octanol–water partition coefficient (Wildman–Crippen LogP) is 2.81. The summed E-state index contributed by atoms with van der Waals surface area (Å²) in [5.74, 6) is 0.979. The van der Waals surface area contributed by atoms with E-state index in [1.807, 2.05) is 23.8 Å². The van der Waals surface area contributed by atoms with Gasteiger partial charge in [0.2, 0.25) is 0 Å². The first-order chi connectivity index (χ1) is 10.8. The van der Waals surface area contributed by atoms with Crippen molar-refractivity contribution < 1.29 is 4.79 Å². The molecule has 2 aromatic rings. The molecule has 1 N–H and O–H groups in total. The molecule has 118 valence electrons. The van der Waals surface area contributed by atoms with E-state index in [9.17, 15) is 4.79 Å². The summed E-state index contributed by atoms with van der Waals surface area (Å²) in [6.45, 7) is 2.66. The predicted molar refractivity (Wildman–Crippen MR) is 84.6 cm³/mol. The summed E-state index contributed by atoms with van der Waals surface area (Å²) in [4.78, 5) is 14.0. The fourth-order valence-electron chi connectivity index (χ4n) is 2.99. The Morgan fingerprint density at radius 1 is 1.45 bits per heavy atom. The number of amides is 1. The van der Waals surface area contributed by atoms with E-state index in [2.05, 4.69) is 20.7 Å². The van der Waals surface area contributed by atoms with Gasteiger partial charge in [-0.1, -0.05) is 19.3 Å². The second-order valence-corrected chi connectivity index (χ2v) is 6.48. The van der Waals surface area contributed by atoms with Gasteiger partial charge < -0.3 is 5.32 Å². The van der Waals surface area contributed by atoms with Crippen molar-refractivity contribution >= 4 is 17.2 Å². The number of thiophene rings is 1. The van der Waals surface area contributed by atoms with Crippen molar-refractivity contribution in [3.63, 3.8) is 0 Å². The molecule has 0 radical (unpaired) electrons. The number of hydrogen-bond donors (Lipinski definition) is 1. The van der Waals surface area contributed by atoms with Gasteiger partial charge in [0, 0.05) is 5.38 Å². The summed E-state index contributed by atoms with van der Waals surface area (Å²) in [5.41, 5.74) is 0.702. The summed E-state index contributed by atoms with van der Waals surface area (Å²) in [6.07, 6.45) is 5.90. The van der Waals surface area contributed by atoms with Crippen LogP contribution < -0.4 is 5.32 Å². The number of aryl methyl sites for hydroxylation is 1. The van der Waals surface area contributed by atoms with Gasteiger partial charge in [-0.2, -0.15) is 16.1 Å². The van der Waals surface area contributed by atoms with Crippen LogP contribution in [0.4, 0.5) is 0 Å². The monoisotopic (exact) mass is 319 g/mol. The molecule has 3 rings (SSSR count). The van der Waals surface area contributed by atoms with Crippen molar-refractivity contribution in [1.82, 2.24) is 25.5 Å². The Morgan fingerprint density at radius 2 is 2.27 bits per heavy atom. The molecule has 22 heavy (non-hydrogen) atoms. The first kappa shape index (κ1) is 15.1. The van der Waals surface area contributed by atoms with Crippen LogP contribution >= 0.6 is 11.3 Å². The van der Waals surface area contributed by atoms with E-state index < -0.39 is 0 Å². The lowest BCUT2D eigenvalue weighted by molar-refractivity contribution is 0.0909. The first-order valence-corrected chi connectivity index (χ1v) is 8.83. The Morgan fingerprint density at radius 3 is 2.91 bits per heavy atom. The molecule has 0 saturated heterocycles. The number of rotatable bonds is 5. The Hall–Kier alpha value is -1.76. The number of nitrogens with one attached hydrogen (secondary N) is 1. The van der Waals surface area contributed by atoms with Gasteiger partial charge in [0.15, 0.2) is 5.82 Å². The number of aromatic nitrogens is 4. The van der Waals surface area contributed by atoms with Crippen LogP contribution in [0.15, 0.2) is 16.8 Å². The van der Waals surface area contributed by atoms with E-state index in [0.29, 0.717) is 23.9 Å². The third kappa shape index (κ3) is 3.35. The van der Waals surface area contributed by atoms with Gasteiger partial charge in [-0.15, -0.1) is 10.2 Å². The highest BCUT2D eigenvalue weighted by Crippen LogP contribution is 2.33. The maximum absolute atomic E-state index is 12.4. The van der Waals surface area contributed by atoms with Gasteiger partial charge in [0.25, 0.3) is 5.91 Å². The molecule has 7 heteroatoms. The van der Waals surface area contributed by atoms with E-state index in [-0.39, 0.29) is 11.9 Å². The minimum Gasteiger partial charge on any atom is -0.342 e. The van der Waals surface area contributed by atoms with Crippen molar-refractivity contribution in [3.05, 3.63) is 28.2 Å². The number of carbonyl (C=O) groups is 1. The van der Waals surface area contributed by atoms with Gasteiger partial charge >= 0.3 is 0 Å². The molecule has 0 aliphatic heterocycles. The summed E-state index contributed by atoms with van der Waals surface area (Å²) in [6, 6.07) is 1.70. The quantitative estimate of drug-likeness (QED) is 0.920. The molecule has 1 unspecified atom stereocenters. The Balaban J connectivity index is 1.80. The van der Waals surface area contributed by atoms with Crippen LogP contribution in [0.3, 0.4) is 0 Å². The van der Waals surface area contributed by atoms with Crippen LogP contribution in [-0.4, -0.2) is 26.1 Å². The van der Waals surface area contributed by atoms with Crippen molar-refractivity contribution in [2.24, 2.45) is 5.92 Å². The molecule has 6 nitrogen and oxygen atoms in total. The summed E-state index contributed by atoms with van der Waals surface area (Å²) in [7, 11) is 0. The van der Waals surface area contributed by atoms with E-state index in [1.165, 1.54) is 30.6 Å². The average Bonchev–Trinajstić information content (AvgIpc) is 3.24. The molecule has 1 aliphatic rings. The lowest BCUT2D eigenvalue weighted by atomic mass is 9.83. The summed E-state index contributed by atoms with van der Waals surface area (Å²) < 4.78 is 0. The van der Waals surface area contributed by atoms with Gasteiger partial charge in [0.05, 0.1) is 18.2 Å². The molecular formula is C15H21N5OS. The molecule has 2 aromatic heterocycles. The number of hydrogen-bond acceptors (Lipinski definition) is 5. The molecular weight excluding hydrogens is 298 g/mol. The minimum atomic E-state index is -0.145. The van der Waals surface area contributed by atoms with Crippen LogP contribution in [0.2, 0.25) is 0 Å². The van der Waals surface area contributed by atoms with Crippen LogP contribution in [0.1, 0.15) is 61.3 Å². The van der Waals surface area contributed by atoms with E-state index in [1.54, 1.807) is 4.80 Å². The fourth-order valence-corrected chi connectivity index (χ4v) is 3.63. The molecule has 0 aromatic carbocycles. The van der Waals surface area contributed by atoms with Crippen LogP contribution in [0.5, 0.6) is 0 Å². The lowest BCUT2D eigenvalue weighted by Gasteiger charge is -2.28. The zero-order valence-corrected chi connectivity index (χ0v) is 13.6. The molecule has 1 saturated carbocycles.